The van der Waals surface area contributed by atoms with E-state index in [0.29, 0.717) is 0 Å². The number of rotatable bonds is 4. The minimum atomic E-state index is -3.50. The summed E-state index contributed by atoms with van der Waals surface area (Å²) < 4.78 is 27.3. The first kappa shape index (κ1) is 16.2. The van der Waals surface area contributed by atoms with E-state index < -0.39 is 27.0 Å². The van der Waals surface area contributed by atoms with Crippen LogP contribution in [0.5, 0.6) is 0 Å². The van der Waals surface area contributed by atoms with E-state index >= 15 is 0 Å². The summed E-state index contributed by atoms with van der Waals surface area (Å²) >= 11 is 0. The molecule has 20 heavy (non-hydrogen) atoms. The van der Waals surface area contributed by atoms with E-state index in [4.69, 9.17) is 0 Å². The number of hydrogen-bond donors (Lipinski definition) is 1. The fraction of sp³-hybridized carbons (Fsp3) is 0.385. The van der Waals surface area contributed by atoms with E-state index in [2.05, 4.69) is 10.1 Å². The zero-order chi connectivity index (χ0) is 15.5. The Morgan fingerprint density at radius 1 is 1.30 bits per heavy atom. The molecule has 0 aromatic heterocycles. The number of amides is 1. The molecule has 0 aliphatic rings. The highest BCUT2D eigenvalue weighted by Gasteiger charge is 2.25. The molecule has 1 amide bonds. The number of carbonyl (C=O) groups excluding carboxylic acids is 2. The number of esters is 1. The molecule has 0 saturated carbocycles. The molecule has 1 N–H and O–H groups in total. The normalized spacial score (nSPS) is 12.6. The van der Waals surface area contributed by atoms with Crippen molar-refractivity contribution in [1.82, 2.24) is 0 Å². The van der Waals surface area contributed by atoms with Gasteiger partial charge in [0.25, 0.3) is 0 Å². The smallest absolute Gasteiger partial charge is 0.339 e. The van der Waals surface area contributed by atoms with Gasteiger partial charge in [0.1, 0.15) is 5.25 Å². The van der Waals surface area contributed by atoms with Crippen LogP contribution in [0.2, 0.25) is 0 Å². The first-order valence-electron chi connectivity index (χ1n) is 5.85. The van der Waals surface area contributed by atoms with Crippen LogP contribution in [0, 0.1) is 6.92 Å². The van der Waals surface area contributed by atoms with Crippen LogP contribution in [0.4, 0.5) is 5.69 Å². The predicted octanol–water partition coefficient (Wildman–Crippen LogP) is 1.15. The van der Waals surface area contributed by atoms with E-state index in [1.807, 2.05) is 0 Å². The van der Waals surface area contributed by atoms with E-state index in [1.54, 1.807) is 19.1 Å². The van der Waals surface area contributed by atoms with E-state index in [9.17, 15) is 18.0 Å². The van der Waals surface area contributed by atoms with E-state index in [1.165, 1.54) is 20.1 Å². The molecule has 0 aliphatic heterocycles. The van der Waals surface area contributed by atoms with Crippen molar-refractivity contribution >= 4 is 27.4 Å². The number of carbonyl (C=O) groups is 2. The summed E-state index contributed by atoms with van der Waals surface area (Å²) in [4.78, 5) is 23.5. The molecule has 0 fully saturated rings. The second-order valence-corrected chi connectivity index (χ2v) is 6.87. The second kappa shape index (κ2) is 6.04. The Hall–Kier alpha value is -1.89. The number of sulfone groups is 1. The number of aryl methyl sites for hydroxylation is 1. The third-order valence-corrected chi connectivity index (χ3v) is 4.35. The molecule has 1 atom stereocenters. The molecule has 0 radical (unpaired) electrons. The van der Waals surface area contributed by atoms with Gasteiger partial charge in [-0.2, -0.15) is 0 Å². The highest BCUT2D eigenvalue weighted by atomic mass is 32.2. The molecule has 6 nitrogen and oxygen atoms in total. The van der Waals surface area contributed by atoms with Crippen LogP contribution in [0.15, 0.2) is 18.2 Å². The van der Waals surface area contributed by atoms with Gasteiger partial charge in [-0.1, -0.05) is 11.6 Å². The summed E-state index contributed by atoms with van der Waals surface area (Å²) in [7, 11) is -2.27. The molecule has 1 aromatic rings. The maximum absolute atomic E-state index is 11.9. The average Bonchev–Trinajstić information content (AvgIpc) is 2.37. The number of ether oxygens (including phenoxy) is 1. The number of hydrogen-bond acceptors (Lipinski definition) is 5. The zero-order valence-electron chi connectivity index (χ0n) is 11.8. The topological polar surface area (TPSA) is 89.5 Å². The maximum Gasteiger partial charge on any atom is 0.339 e. The molecule has 0 aliphatic carbocycles. The van der Waals surface area contributed by atoms with Crippen LogP contribution in [-0.4, -0.2) is 38.9 Å². The van der Waals surface area contributed by atoms with Gasteiger partial charge in [0.2, 0.25) is 5.91 Å². The summed E-state index contributed by atoms with van der Waals surface area (Å²) in [6.07, 6.45) is 0.980. The lowest BCUT2D eigenvalue weighted by molar-refractivity contribution is -0.115. The number of nitrogens with one attached hydrogen (secondary N) is 1. The molecule has 0 saturated heterocycles. The predicted molar refractivity (Wildman–Crippen MR) is 75.5 cm³/mol. The molecular weight excluding hydrogens is 282 g/mol. The molecule has 1 aromatic carbocycles. The van der Waals surface area contributed by atoms with E-state index in [-0.39, 0.29) is 11.3 Å². The van der Waals surface area contributed by atoms with Crippen molar-refractivity contribution in [2.45, 2.75) is 19.1 Å². The summed E-state index contributed by atoms with van der Waals surface area (Å²) in [5.74, 6) is -1.29. The lowest BCUT2D eigenvalue weighted by atomic mass is 10.1. The van der Waals surface area contributed by atoms with Crippen LogP contribution >= 0.6 is 0 Å². The van der Waals surface area contributed by atoms with Gasteiger partial charge in [0, 0.05) is 6.26 Å². The highest BCUT2D eigenvalue weighted by Crippen LogP contribution is 2.19. The Labute approximate surface area is 118 Å². The van der Waals surface area contributed by atoms with Crippen molar-refractivity contribution in [3.63, 3.8) is 0 Å². The van der Waals surface area contributed by atoms with E-state index in [0.717, 1.165) is 11.8 Å². The summed E-state index contributed by atoms with van der Waals surface area (Å²) in [6.45, 7) is 3.08. The van der Waals surface area contributed by atoms with Crippen LogP contribution in [0.25, 0.3) is 0 Å². The third kappa shape index (κ3) is 3.80. The molecule has 7 heteroatoms. The first-order valence-corrected chi connectivity index (χ1v) is 7.81. The summed E-state index contributed by atoms with van der Waals surface area (Å²) in [6, 6.07) is 4.80. The van der Waals surface area contributed by atoms with Crippen molar-refractivity contribution in [2.75, 3.05) is 18.7 Å². The Kier molecular flexibility index (Phi) is 4.88. The molecule has 1 unspecified atom stereocenters. The minimum Gasteiger partial charge on any atom is -0.465 e. The van der Waals surface area contributed by atoms with Gasteiger partial charge in [0.05, 0.1) is 18.4 Å². The van der Waals surface area contributed by atoms with Gasteiger partial charge in [-0.25, -0.2) is 13.2 Å². The van der Waals surface area contributed by atoms with Gasteiger partial charge in [-0.05, 0) is 26.0 Å². The first-order chi connectivity index (χ1) is 9.16. The molecule has 0 bridgehead atoms. The SMILES string of the molecule is COC(=O)c1cc(C)ccc1NC(=O)C(C)S(C)(=O)=O. The largest absolute Gasteiger partial charge is 0.465 e. The van der Waals surface area contributed by atoms with Gasteiger partial charge in [-0.15, -0.1) is 0 Å². The third-order valence-electron chi connectivity index (χ3n) is 2.85. The lowest BCUT2D eigenvalue weighted by Gasteiger charge is -2.13. The van der Waals surface area contributed by atoms with Gasteiger partial charge in [0.15, 0.2) is 9.84 Å². The average molecular weight is 299 g/mol. The van der Waals surface area contributed by atoms with Crippen LogP contribution in [0.1, 0.15) is 22.8 Å². The molecule has 1 rings (SSSR count). The number of benzene rings is 1. The maximum atomic E-state index is 11.9. The Bertz CT molecular complexity index is 636. The van der Waals surface area contributed by atoms with Crippen molar-refractivity contribution in [3.05, 3.63) is 29.3 Å². The van der Waals surface area contributed by atoms with Crippen LogP contribution < -0.4 is 5.32 Å². The zero-order valence-corrected chi connectivity index (χ0v) is 12.6. The standard InChI is InChI=1S/C13H17NO5S/c1-8-5-6-11(10(7-8)13(16)19-3)14-12(15)9(2)20(4,17)18/h5-7,9H,1-4H3,(H,14,15). The van der Waals surface area contributed by atoms with Gasteiger partial charge < -0.3 is 10.1 Å². The quantitative estimate of drug-likeness (QED) is 0.842. The molecule has 0 heterocycles. The van der Waals surface area contributed by atoms with Crippen LogP contribution in [-0.2, 0) is 19.4 Å². The van der Waals surface area contributed by atoms with Crippen molar-refractivity contribution in [1.29, 1.82) is 0 Å². The Morgan fingerprint density at radius 3 is 2.40 bits per heavy atom. The Morgan fingerprint density at radius 2 is 1.90 bits per heavy atom. The van der Waals surface area contributed by atoms with Crippen LogP contribution in [0.3, 0.4) is 0 Å². The van der Waals surface area contributed by atoms with Gasteiger partial charge >= 0.3 is 5.97 Å². The van der Waals surface area contributed by atoms with Gasteiger partial charge in [-0.3, -0.25) is 4.79 Å². The lowest BCUT2D eigenvalue weighted by Crippen LogP contribution is -2.32. The Balaban J connectivity index is 3.10. The summed E-state index contributed by atoms with van der Waals surface area (Å²) in [5.41, 5.74) is 1.23. The van der Waals surface area contributed by atoms with Crippen molar-refractivity contribution in [2.24, 2.45) is 0 Å². The fourth-order valence-corrected chi connectivity index (χ4v) is 1.92. The number of anilines is 1. The second-order valence-electron chi connectivity index (χ2n) is 4.50. The monoisotopic (exact) mass is 299 g/mol. The fourth-order valence-electron chi connectivity index (χ4n) is 1.47. The van der Waals surface area contributed by atoms with Crippen molar-refractivity contribution < 1.29 is 22.7 Å². The van der Waals surface area contributed by atoms with Crippen molar-refractivity contribution in [3.8, 4) is 0 Å². The molecule has 0 spiro atoms. The minimum absolute atomic E-state index is 0.182. The summed E-state index contributed by atoms with van der Waals surface area (Å²) in [5, 5.41) is 1.24. The molecular formula is C13H17NO5S. The highest BCUT2D eigenvalue weighted by molar-refractivity contribution is 7.92. The number of methoxy groups -OCH3 is 1. The molecule has 110 valence electrons.